The summed E-state index contributed by atoms with van der Waals surface area (Å²) < 4.78 is 0. The number of nitrogens with one attached hydrogen (secondary N) is 1. The summed E-state index contributed by atoms with van der Waals surface area (Å²) in [4.78, 5) is 12.4. The molecule has 5 heteroatoms. The number of para-hydroxylation sites is 1. The number of carbonyl (C=O) groups is 1. The van der Waals surface area contributed by atoms with E-state index in [4.69, 9.17) is 18.0 Å². The molecule has 0 saturated carbocycles. The van der Waals surface area contributed by atoms with Crippen molar-refractivity contribution in [1.82, 2.24) is 5.32 Å². The summed E-state index contributed by atoms with van der Waals surface area (Å²) in [7, 11) is 0. The van der Waals surface area contributed by atoms with Crippen LogP contribution in [0.15, 0.2) is 24.3 Å². The van der Waals surface area contributed by atoms with Crippen molar-refractivity contribution in [2.45, 2.75) is 38.6 Å². The average Bonchev–Trinajstić information content (AvgIpc) is 2.38. The molecule has 0 radical (unpaired) electrons. The predicted molar refractivity (Wildman–Crippen MR) is 80.1 cm³/mol. The quantitative estimate of drug-likeness (QED) is 0.696. The van der Waals surface area contributed by atoms with E-state index < -0.39 is 5.54 Å². The second kappa shape index (κ2) is 6.52. The van der Waals surface area contributed by atoms with E-state index in [-0.39, 0.29) is 18.1 Å². The van der Waals surface area contributed by atoms with Gasteiger partial charge in [0.2, 0.25) is 5.91 Å². The van der Waals surface area contributed by atoms with E-state index in [0.29, 0.717) is 23.4 Å². The fourth-order valence-corrected chi connectivity index (χ4v) is 2.32. The minimum Gasteiger partial charge on any atom is -0.508 e. The van der Waals surface area contributed by atoms with Gasteiger partial charge >= 0.3 is 0 Å². The maximum Gasteiger partial charge on any atom is 0.225 e. The van der Waals surface area contributed by atoms with Gasteiger partial charge in [0, 0.05) is 5.56 Å². The molecule has 19 heavy (non-hydrogen) atoms. The zero-order chi connectivity index (χ0) is 14.5. The Morgan fingerprint density at radius 1 is 1.37 bits per heavy atom. The van der Waals surface area contributed by atoms with E-state index in [9.17, 15) is 9.90 Å². The molecule has 0 aliphatic heterocycles. The van der Waals surface area contributed by atoms with Gasteiger partial charge < -0.3 is 16.2 Å². The number of nitrogens with two attached hydrogens (primary N) is 1. The molecule has 0 heterocycles. The van der Waals surface area contributed by atoms with Crippen molar-refractivity contribution in [3.63, 3.8) is 0 Å². The molecule has 0 bridgehead atoms. The minimum absolute atomic E-state index is 0.108. The molecule has 4 N–H and O–H groups in total. The third-order valence-corrected chi connectivity index (χ3v) is 3.79. The Kier molecular flexibility index (Phi) is 5.30. The average molecular weight is 280 g/mol. The van der Waals surface area contributed by atoms with Gasteiger partial charge in [-0.05, 0) is 18.9 Å². The molecule has 1 amide bonds. The SMILES string of the molecule is CCC(CC)(NC(=O)Cc1ccccc1O)C(N)=S. The number of aromatic hydroxyl groups is 1. The summed E-state index contributed by atoms with van der Waals surface area (Å²) in [5.41, 5.74) is 5.68. The van der Waals surface area contributed by atoms with Crippen molar-refractivity contribution >= 4 is 23.1 Å². The lowest BCUT2D eigenvalue weighted by Gasteiger charge is -2.31. The molecule has 4 nitrogen and oxygen atoms in total. The molecule has 1 aromatic rings. The molecule has 1 aromatic carbocycles. The zero-order valence-electron chi connectivity index (χ0n) is 11.3. The lowest BCUT2D eigenvalue weighted by atomic mass is 9.92. The van der Waals surface area contributed by atoms with E-state index in [1.54, 1.807) is 24.3 Å². The fraction of sp³-hybridized carbons (Fsp3) is 0.429. The zero-order valence-corrected chi connectivity index (χ0v) is 12.1. The van der Waals surface area contributed by atoms with Gasteiger partial charge in [-0.1, -0.05) is 44.3 Å². The molecule has 0 aliphatic rings. The molecule has 0 atom stereocenters. The fourth-order valence-electron chi connectivity index (χ4n) is 1.98. The normalized spacial score (nSPS) is 11.1. The lowest BCUT2D eigenvalue weighted by Crippen LogP contribution is -2.56. The molecular weight excluding hydrogens is 260 g/mol. The van der Waals surface area contributed by atoms with Crippen LogP contribution in [0.1, 0.15) is 32.3 Å². The van der Waals surface area contributed by atoms with E-state index in [2.05, 4.69) is 5.32 Å². The van der Waals surface area contributed by atoms with Gasteiger partial charge in [-0.25, -0.2) is 0 Å². The first kappa shape index (κ1) is 15.4. The van der Waals surface area contributed by atoms with E-state index in [0.717, 1.165) is 0 Å². The highest BCUT2D eigenvalue weighted by molar-refractivity contribution is 7.80. The Morgan fingerprint density at radius 3 is 2.42 bits per heavy atom. The van der Waals surface area contributed by atoms with Gasteiger partial charge in [0.25, 0.3) is 0 Å². The highest BCUT2D eigenvalue weighted by Crippen LogP contribution is 2.19. The Morgan fingerprint density at radius 2 is 1.95 bits per heavy atom. The molecule has 0 aliphatic carbocycles. The lowest BCUT2D eigenvalue weighted by molar-refractivity contribution is -0.121. The number of hydrogen-bond donors (Lipinski definition) is 3. The summed E-state index contributed by atoms with van der Waals surface area (Å²) in [5.74, 6) is -0.0791. The summed E-state index contributed by atoms with van der Waals surface area (Å²) in [6.45, 7) is 3.87. The molecule has 0 unspecified atom stereocenters. The molecule has 0 fully saturated rings. The number of hydrogen-bond acceptors (Lipinski definition) is 3. The highest BCUT2D eigenvalue weighted by Gasteiger charge is 2.31. The summed E-state index contributed by atoms with van der Waals surface area (Å²) in [6, 6.07) is 6.77. The van der Waals surface area contributed by atoms with Crippen LogP contribution in [-0.2, 0) is 11.2 Å². The first-order valence-corrected chi connectivity index (χ1v) is 6.73. The van der Waals surface area contributed by atoms with Gasteiger partial charge in [-0.2, -0.15) is 0 Å². The largest absolute Gasteiger partial charge is 0.508 e. The first-order chi connectivity index (χ1) is 8.95. The van der Waals surface area contributed by atoms with Crippen LogP contribution < -0.4 is 11.1 Å². The van der Waals surface area contributed by atoms with Crippen LogP contribution in [0.4, 0.5) is 0 Å². The maximum absolute atomic E-state index is 12.1. The second-order valence-electron chi connectivity index (χ2n) is 4.51. The second-order valence-corrected chi connectivity index (χ2v) is 4.95. The number of phenolic OH excluding ortho intramolecular Hbond substituents is 1. The van der Waals surface area contributed by atoms with E-state index in [1.165, 1.54) is 0 Å². The number of benzene rings is 1. The van der Waals surface area contributed by atoms with Crippen molar-refractivity contribution in [3.05, 3.63) is 29.8 Å². The summed E-state index contributed by atoms with van der Waals surface area (Å²) in [6.07, 6.45) is 1.40. The third kappa shape index (κ3) is 3.67. The monoisotopic (exact) mass is 280 g/mol. The van der Waals surface area contributed by atoms with Crippen LogP contribution in [0, 0.1) is 0 Å². The Hall–Kier alpha value is -1.62. The van der Waals surface area contributed by atoms with E-state index in [1.807, 2.05) is 13.8 Å². The topological polar surface area (TPSA) is 75.3 Å². The first-order valence-electron chi connectivity index (χ1n) is 6.33. The Labute approximate surface area is 119 Å². The van der Waals surface area contributed by atoms with Crippen molar-refractivity contribution in [2.24, 2.45) is 5.73 Å². The van der Waals surface area contributed by atoms with Crippen molar-refractivity contribution < 1.29 is 9.90 Å². The van der Waals surface area contributed by atoms with Crippen LogP contribution in [0.3, 0.4) is 0 Å². The van der Waals surface area contributed by atoms with Crippen LogP contribution in [0.2, 0.25) is 0 Å². The Balaban J connectivity index is 2.80. The summed E-state index contributed by atoms with van der Waals surface area (Å²) in [5, 5.41) is 12.5. The number of thiocarbonyl (C=S) groups is 1. The Bertz CT molecular complexity index is 470. The molecule has 104 valence electrons. The predicted octanol–water partition coefficient (Wildman–Crippen LogP) is 1.90. The number of amides is 1. The number of phenols is 1. The number of carbonyl (C=O) groups excluding carboxylic acids is 1. The minimum atomic E-state index is -0.642. The van der Waals surface area contributed by atoms with Crippen LogP contribution in [0.25, 0.3) is 0 Å². The van der Waals surface area contributed by atoms with Crippen molar-refractivity contribution in [3.8, 4) is 5.75 Å². The van der Waals surface area contributed by atoms with Gasteiger partial charge in [0.05, 0.1) is 16.9 Å². The summed E-state index contributed by atoms with van der Waals surface area (Å²) >= 11 is 5.05. The molecule has 1 rings (SSSR count). The molecule has 0 saturated heterocycles. The highest BCUT2D eigenvalue weighted by atomic mass is 32.1. The van der Waals surface area contributed by atoms with Gasteiger partial charge in [0.1, 0.15) is 5.75 Å². The number of rotatable bonds is 6. The molecule has 0 aromatic heterocycles. The standard InChI is InChI=1S/C14H20N2O2S/c1-3-14(4-2,13(15)19)16-12(18)9-10-7-5-6-8-11(10)17/h5-8,17H,3-4,9H2,1-2H3,(H2,15,19)(H,16,18). The molecular formula is C14H20N2O2S. The van der Waals surface area contributed by atoms with Crippen LogP contribution in [-0.4, -0.2) is 21.5 Å². The van der Waals surface area contributed by atoms with Crippen LogP contribution >= 0.6 is 12.2 Å². The van der Waals surface area contributed by atoms with Crippen molar-refractivity contribution in [1.29, 1.82) is 0 Å². The molecule has 0 spiro atoms. The smallest absolute Gasteiger partial charge is 0.225 e. The van der Waals surface area contributed by atoms with Gasteiger partial charge in [-0.3, -0.25) is 4.79 Å². The van der Waals surface area contributed by atoms with Crippen molar-refractivity contribution in [2.75, 3.05) is 0 Å². The maximum atomic E-state index is 12.1. The van der Waals surface area contributed by atoms with Gasteiger partial charge in [0.15, 0.2) is 0 Å². The van der Waals surface area contributed by atoms with Gasteiger partial charge in [-0.15, -0.1) is 0 Å². The van der Waals surface area contributed by atoms with Crippen LogP contribution in [0.5, 0.6) is 5.75 Å². The van der Waals surface area contributed by atoms with E-state index >= 15 is 0 Å². The third-order valence-electron chi connectivity index (χ3n) is 3.40.